The van der Waals surface area contributed by atoms with Crippen LogP contribution in [0.2, 0.25) is 0 Å². The Morgan fingerprint density at radius 1 is 1.12 bits per heavy atom. The summed E-state index contributed by atoms with van der Waals surface area (Å²) in [4.78, 5) is 31.8. The number of hydrogen-bond acceptors (Lipinski definition) is 6. The Labute approximate surface area is 197 Å². The van der Waals surface area contributed by atoms with Crippen LogP contribution in [0, 0.1) is 5.82 Å². The molecule has 0 unspecified atom stereocenters. The summed E-state index contributed by atoms with van der Waals surface area (Å²) in [5.41, 5.74) is 2.51. The monoisotopic (exact) mass is 463 g/mol. The Morgan fingerprint density at radius 3 is 2.62 bits per heavy atom. The van der Waals surface area contributed by atoms with Crippen molar-refractivity contribution in [2.45, 2.75) is 6.42 Å². The van der Waals surface area contributed by atoms with Crippen LogP contribution in [0.1, 0.15) is 15.9 Å². The first kappa shape index (κ1) is 23.5. The van der Waals surface area contributed by atoms with E-state index in [4.69, 9.17) is 9.47 Å². The lowest BCUT2D eigenvalue weighted by Crippen LogP contribution is -2.41. The van der Waals surface area contributed by atoms with E-state index in [0.717, 1.165) is 0 Å². The number of nitrogens with one attached hydrogen (secondary N) is 1. The molecule has 1 aromatic heterocycles. The second-order valence-corrected chi connectivity index (χ2v) is 7.98. The third kappa shape index (κ3) is 5.84. The van der Waals surface area contributed by atoms with Gasteiger partial charge < -0.3 is 14.8 Å². The van der Waals surface area contributed by atoms with E-state index in [9.17, 15) is 14.0 Å². The molecule has 0 aliphatic carbocycles. The van der Waals surface area contributed by atoms with Crippen molar-refractivity contribution in [3.8, 4) is 17.0 Å². The van der Waals surface area contributed by atoms with Gasteiger partial charge in [0.25, 0.3) is 0 Å². The highest BCUT2D eigenvalue weighted by molar-refractivity contribution is 6.00. The van der Waals surface area contributed by atoms with Crippen molar-refractivity contribution in [3.63, 3.8) is 0 Å². The number of rotatable bonds is 8. The van der Waals surface area contributed by atoms with Crippen LogP contribution in [-0.2, 0) is 16.0 Å². The van der Waals surface area contributed by atoms with Crippen molar-refractivity contribution >= 4 is 17.4 Å². The molecular formula is C26H26FN3O4. The number of anilines is 1. The number of halogens is 1. The molecule has 0 atom stereocenters. The molecule has 1 N–H and O–H groups in total. The summed E-state index contributed by atoms with van der Waals surface area (Å²) >= 11 is 0. The largest absolute Gasteiger partial charge is 0.495 e. The van der Waals surface area contributed by atoms with E-state index in [1.54, 1.807) is 54.7 Å². The van der Waals surface area contributed by atoms with Crippen molar-refractivity contribution in [3.05, 3.63) is 77.7 Å². The number of hydrogen-bond donors (Lipinski definition) is 1. The smallest absolute Gasteiger partial charge is 0.238 e. The van der Waals surface area contributed by atoms with Gasteiger partial charge in [-0.05, 0) is 42.0 Å². The lowest BCUT2D eigenvalue weighted by atomic mass is 10.0. The van der Waals surface area contributed by atoms with Gasteiger partial charge in [0, 0.05) is 36.8 Å². The number of morpholine rings is 1. The van der Waals surface area contributed by atoms with Gasteiger partial charge in [-0.2, -0.15) is 0 Å². The molecule has 0 radical (unpaired) electrons. The number of pyridine rings is 1. The molecule has 34 heavy (non-hydrogen) atoms. The summed E-state index contributed by atoms with van der Waals surface area (Å²) in [6.45, 7) is 2.86. The molecule has 1 fully saturated rings. The number of carbonyl (C=O) groups excluding carboxylic acids is 2. The molecule has 1 aliphatic rings. The number of ether oxygens (including phenoxy) is 2. The third-order valence-electron chi connectivity index (χ3n) is 5.61. The van der Waals surface area contributed by atoms with Crippen LogP contribution in [-0.4, -0.2) is 61.5 Å². The van der Waals surface area contributed by atoms with Gasteiger partial charge in [0.2, 0.25) is 5.91 Å². The molecule has 1 amide bonds. The second kappa shape index (κ2) is 11.0. The Kier molecular flexibility index (Phi) is 7.61. The predicted octanol–water partition coefficient (Wildman–Crippen LogP) is 3.59. The van der Waals surface area contributed by atoms with E-state index in [1.165, 1.54) is 13.2 Å². The number of nitrogens with zero attached hydrogens (tertiary/aromatic N) is 2. The molecule has 2 heterocycles. The van der Waals surface area contributed by atoms with Gasteiger partial charge in [-0.3, -0.25) is 19.5 Å². The van der Waals surface area contributed by atoms with Crippen LogP contribution in [0.4, 0.5) is 10.1 Å². The first-order valence-electron chi connectivity index (χ1n) is 11.0. The van der Waals surface area contributed by atoms with Crippen LogP contribution in [0.15, 0.2) is 60.8 Å². The summed E-state index contributed by atoms with van der Waals surface area (Å²) in [6.07, 6.45) is 1.70. The number of carbonyl (C=O) groups is 2. The first-order valence-corrected chi connectivity index (χ1v) is 11.0. The number of methoxy groups -OCH3 is 1. The number of amides is 1. The molecular weight excluding hydrogens is 437 g/mol. The van der Waals surface area contributed by atoms with Crippen LogP contribution in [0.3, 0.4) is 0 Å². The predicted molar refractivity (Wildman–Crippen MR) is 127 cm³/mol. The summed E-state index contributed by atoms with van der Waals surface area (Å²) in [7, 11) is 1.51. The van der Waals surface area contributed by atoms with Gasteiger partial charge in [-0.1, -0.05) is 18.2 Å². The fourth-order valence-electron chi connectivity index (χ4n) is 3.78. The lowest BCUT2D eigenvalue weighted by molar-refractivity contribution is -0.118. The molecule has 176 valence electrons. The second-order valence-electron chi connectivity index (χ2n) is 7.98. The van der Waals surface area contributed by atoms with Crippen molar-refractivity contribution in [2.24, 2.45) is 0 Å². The van der Waals surface area contributed by atoms with Gasteiger partial charge in [-0.15, -0.1) is 0 Å². The highest BCUT2D eigenvalue weighted by Crippen LogP contribution is 2.27. The van der Waals surface area contributed by atoms with Gasteiger partial charge in [0.15, 0.2) is 5.78 Å². The first-order chi connectivity index (χ1) is 16.5. The molecule has 0 saturated carbocycles. The van der Waals surface area contributed by atoms with Gasteiger partial charge >= 0.3 is 0 Å². The maximum absolute atomic E-state index is 14.0. The van der Waals surface area contributed by atoms with Crippen molar-refractivity contribution in [2.75, 3.05) is 45.3 Å². The minimum Gasteiger partial charge on any atom is -0.495 e. The minimum atomic E-state index is -0.347. The number of Topliss-reactive ketones (excluding diaryl/α,β-unsaturated/α-hetero) is 1. The summed E-state index contributed by atoms with van der Waals surface area (Å²) in [6, 6.07) is 14.8. The molecule has 8 heteroatoms. The van der Waals surface area contributed by atoms with E-state index in [0.29, 0.717) is 60.1 Å². The zero-order valence-electron chi connectivity index (χ0n) is 18.9. The van der Waals surface area contributed by atoms with Crippen LogP contribution >= 0.6 is 0 Å². The zero-order valence-corrected chi connectivity index (χ0v) is 18.9. The zero-order chi connectivity index (χ0) is 23.9. The van der Waals surface area contributed by atoms with Gasteiger partial charge in [0.1, 0.15) is 11.6 Å². The fraction of sp³-hybridized carbons (Fsp3) is 0.269. The molecule has 4 rings (SSSR count). The van der Waals surface area contributed by atoms with Gasteiger partial charge in [-0.25, -0.2) is 4.39 Å². The van der Waals surface area contributed by atoms with E-state index < -0.39 is 0 Å². The molecule has 1 aliphatic heterocycles. The minimum absolute atomic E-state index is 0.123. The van der Waals surface area contributed by atoms with E-state index in [1.807, 2.05) is 4.90 Å². The average Bonchev–Trinajstić information content (AvgIpc) is 2.85. The van der Waals surface area contributed by atoms with Crippen molar-refractivity contribution < 1.29 is 23.5 Å². The summed E-state index contributed by atoms with van der Waals surface area (Å²) in [5.74, 6) is -0.187. The summed E-state index contributed by atoms with van der Waals surface area (Å²) in [5, 5.41) is 2.85. The Balaban J connectivity index is 1.43. The molecule has 2 aromatic carbocycles. The summed E-state index contributed by atoms with van der Waals surface area (Å²) < 4.78 is 24.6. The van der Waals surface area contributed by atoms with Crippen LogP contribution in [0.25, 0.3) is 11.3 Å². The highest BCUT2D eigenvalue weighted by atomic mass is 19.1. The molecule has 0 spiro atoms. The SMILES string of the molecule is COc1ccc(C(=O)Cc2ccc(-c3ccccc3F)nc2)cc1NC(=O)CN1CCOCC1. The fourth-order valence-corrected chi connectivity index (χ4v) is 3.78. The molecule has 7 nitrogen and oxygen atoms in total. The molecule has 3 aromatic rings. The molecule has 1 saturated heterocycles. The van der Waals surface area contributed by atoms with Crippen molar-refractivity contribution in [1.29, 1.82) is 0 Å². The molecule has 0 bridgehead atoms. The van der Waals surface area contributed by atoms with E-state index in [-0.39, 0.29) is 30.5 Å². The maximum atomic E-state index is 14.0. The normalized spacial score (nSPS) is 13.9. The van der Waals surface area contributed by atoms with Crippen LogP contribution in [0.5, 0.6) is 5.75 Å². The van der Waals surface area contributed by atoms with E-state index >= 15 is 0 Å². The van der Waals surface area contributed by atoms with Crippen molar-refractivity contribution in [1.82, 2.24) is 9.88 Å². The average molecular weight is 464 g/mol. The van der Waals surface area contributed by atoms with Gasteiger partial charge in [0.05, 0.1) is 38.2 Å². The van der Waals surface area contributed by atoms with Crippen LogP contribution < -0.4 is 10.1 Å². The quantitative estimate of drug-likeness (QED) is 0.515. The standard InChI is InChI=1S/C26H26FN3O4/c1-33-25-9-7-19(15-23(25)29-26(32)17-30-10-12-34-13-11-30)24(31)14-18-6-8-22(28-16-18)20-4-2-3-5-21(20)27/h2-9,15-16H,10-14,17H2,1H3,(H,29,32). The number of benzene rings is 2. The Hall–Kier alpha value is -3.62. The Bertz CT molecular complexity index is 1160. The topological polar surface area (TPSA) is 80.8 Å². The number of aromatic nitrogens is 1. The maximum Gasteiger partial charge on any atom is 0.238 e. The van der Waals surface area contributed by atoms with E-state index in [2.05, 4.69) is 10.3 Å². The number of ketones is 1. The third-order valence-corrected chi connectivity index (χ3v) is 5.61. The lowest BCUT2D eigenvalue weighted by Gasteiger charge is -2.26. The Morgan fingerprint density at radius 2 is 1.91 bits per heavy atom. The highest BCUT2D eigenvalue weighted by Gasteiger charge is 2.17.